The third-order valence-electron chi connectivity index (χ3n) is 5.74. The first-order chi connectivity index (χ1) is 17.0. The number of carbonyl (C=O) groups is 1. The number of nitrogens with zero attached hydrogens (tertiary/aromatic N) is 2. The number of para-hydroxylation sites is 1. The number of ether oxygens (including phenoxy) is 1. The lowest BCUT2D eigenvalue weighted by molar-refractivity contribution is -0.387. The molecule has 190 valence electrons. The van der Waals surface area contributed by atoms with Crippen molar-refractivity contribution in [1.82, 2.24) is 9.88 Å². The molecule has 1 heterocycles. The Kier molecular flexibility index (Phi) is 7.31. The number of esters is 1. The number of nitro groups is 1. The minimum atomic E-state index is -4.44. The van der Waals surface area contributed by atoms with E-state index in [4.69, 9.17) is 44.1 Å². The summed E-state index contributed by atoms with van der Waals surface area (Å²) in [6.07, 6.45) is 1.05. The van der Waals surface area contributed by atoms with Crippen LogP contribution >= 0.6 is 34.8 Å². The molecule has 0 bridgehead atoms. The number of aromatic nitrogens is 1. The van der Waals surface area contributed by atoms with Gasteiger partial charge in [-0.15, -0.1) is 0 Å². The molecule has 1 saturated carbocycles. The molecule has 4 rings (SSSR count). The van der Waals surface area contributed by atoms with Crippen molar-refractivity contribution in [3.63, 3.8) is 0 Å². The number of benzene rings is 2. The van der Waals surface area contributed by atoms with Gasteiger partial charge in [0, 0.05) is 16.7 Å². The van der Waals surface area contributed by atoms with Crippen molar-refractivity contribution in [3.8, 4) is 11.3 Å². The summed E-state index contributed by atoms with van der Waals surface area (Å²) in [4.78, 5) is 23.2. The highest BCUT2D eigenvalue weighted by Gasteiger charge is 2.50. The van der Waals surface area contributed by atoms with Crippen LogP contribution in [-0.4, -0.2) is 31.1 Å². The van der Waals surface area contributed by atoms with Crippen LogP contribution in [0.3, 0.4) is 0 Å². The van der Waals surface area contributed by atoms with Crippen molar-refractivity contribution in [2.75, 3.05) is 6.61 Å². The van der Waals surface area contributed by atoms with Crippen LogP contribution in [0.25, 0.3) is 11.3 Å². The van der Waals surface area contributed by atoms with Crippen molar-refractivity contribution >= 4 is 56.5 Å². The number of sulfonamides is 1. The van der Waals surface area contributed by atoms with E-state index < -0.39 is 37.0 Å². The van der Waals surface area contributed by atoms with Gasteiger partial charge in [-0.25, -0.2) is 13.2 Å². The molecule has 0 atom stereocenters. The van der Waals surface area contributed by atoms with Crippen LogP contribution in [0.15, 0.2) is 45.8 Å². The number of nitro benzene ring substituents is 1. The average Bonchev–Trinajstić information content (AvgIpc) is 3.20. The van der Waals surface area contributed by atoms with Gasteiger partial charge < -0.3 is 9.26 Å². The number of hydrogen-bond acceptors (Lipinski definition) is 8. The summed E-state index contributed by atoms with van der Waals surface area (Å²) in [7, 11) is -4.44. The zero-order valence-corrected chi connectivity index (χ0v) is 21.7. The second-order valence-electron chi connectivity index (χ2n) is 7.97. The predicted octanol–water partition coefficient (Wildman–Crippen LogP) is 5.74. The molecule has 10 nitrogen and oxygen atoms in total. The van der Waals surface area contributed by atoms with E-state index in [9.17, 15) is 23.3 Å². The largest absolute Gasteiger partial charge is 0.462 e. The third-order valence-corrected chi connectivity index (χ3v) is 8.14. The molecule has 0 spiro atoms. The zero-order chi connectivity index (χ0) is 26.3. The summed E-state index contributed by atoms with van der Waals surface area (Å²) in [5.74, 6) is -0.937. The molecule has 2 aromatic carbocycles. The molecule has 14 heteroatoms. The Morgan fingerprint density at radius 2 is 1.86 bits per heavy atom. The topological polar surface area (TPSA) is 142 Å². The second kappa shape index (κ2) is 9.98. The Labute approximate surface area is 220 Å². The van der Waals surface area contributed by atoms with Crippen LogP contribution in [-0.2, 0) is 20.3 Å². The van der Waals surface area contributed by atoms with Gasteiger partial charge in [0.15, 0.2) is 10.7 Å². The Morgan fingerprint density at radius 3 is 2.42 bits per heavy atom. The molecule has 36 heavy (non-hydrogen) atoms. The Bertz CT molecular complexity index is 1450. The van der Waals surface area contributed by atoms with Gasteiger partial charge in [0.25, 0.3) is 5.69 Å². The van der Waals surface area contributed by atoms with Crippen LogP contribution in [0.4, 0.5) is 5.69 Å². The fourth-order valence-corrected chi connectivity index (χ4v) is 6.59. The van der Waals surface area contributed by atoms with Crippen LogP contribution < -0.4 is 4.72 Å². The molecule has 0 amide bonds. The predicted molar refractivity (Wildman–Crippen MR) is 132 cm³/mol. The van der Waals surface area contributed by atoms with E-state index in [0.29, 0.717) is 6.42 Å². The van der Waals surface area contributed by atoms with E-state index in [2.05, 4.69) is 9.88 Å². The molecule has 1 aliphatic rings. The molecule has 3 aromatic rings. The van der Waals surface area contributed by atoms with E-state index in [1.807, 2.05) is 0 Å². The first-order valence-corrected chi connectivity index (χ1v) is 13.2. The third kappa shape index (κ3) is 4.69. The van der Waals surface area contributed by atoms with E-state index in [1.165, 1.54) is 24.3 Å². The number of halogens is 3. The van der Waals surface area contributed by atoms with Crippen LogP contribution in [0.1, 0.15) is 42.3 Å². The average molecular weight is 575 g/mol. The maximum Gasteiger partial charge on any atom is 0.344 e. The van der Waals surface area contributed by atoms with Gasteiger partial charge in [-0.05, 0) is 44.4 Å². The maximum atomic E-state index is 13.3. The van der Waals surface area contributed by atoms with E-state index in [-0.39, 0.29) is 57.1 Å². The summed E-state index contributed by atoms with van der Waals surface area (Å²) in [6, 6.07) is 7.75. The molecule has 1 aliphatic carbocycles. The SMILES string of the molecule is CCOC(=O)c1c(-c2c(Cl)cc(Cl)cc2Cl)noc1C1(NS(=O)(=O)c2ccccc2[N+](=O)[O-])CCC1. The highest BCUT2D eigenvalue weighted by molar-refractivity contribution is 7.89. The van der Waals surface area contributed by atoms with Gasteiger partial charge in [0.05, 0.1) is 27.1 Å². The minimum Gasteiger partial charge on any atom is -0.462 e. The monoisotopic (exact) mass is 573 g/mol. The summed E-state index contributed by atoms with van der Waals surface area (Å²) >= 11 is 18.7. The van der Waals surface area contributed by atoms with Crippen molar-refractivity contribution in [1.29, 1.82) is 0 Å². The molecule has 1 N–H and O–H groups in total. The fraction of sp³-hybridized carbons (Fsp3) is 0.273. The van der Waals surface area contributed by atoms with Gasteiger partial charge in [-0.1, -0.05) is 52.1 Å². The lowest BCUT2D eigenvalue weighted by Crippen LogP contribution is -2.51. The summed E-state index contributed by atoms with van der Waals surface area (Å²) in [6.45, 7) is 1.61. The highest BCUT2D eigenvalue weighted by Crippen LogP contribution is 2.48. The first kappa shape index (κ1) is 26.4. The Morgan fingerprint density at radius 1 is 1.22 bits per heavy atom. The van der Waals surface area contributed by atoms with Crippen molar-refractivity contribution in [3.05, 3.63) is 72.9 Å². The smallest absolute Gasteiger partial charge is 0.344 e. The highest BCUT2D eigenvalue weighted by atomic mass is 35.5. The van der Waals surface area contributed by atoms with E-state index in [1.54, 1.807) is 6.92 Å². The molecule has 0 aliphatic heterocycles. The molecular formula is C22H18Cl3N3O7S. The summed E-state index contributed by atoms with van der Waals surface area (Å²) in [5.41, 5.74) is -2.07. The van der Waals surface area contributed by atoms with Crippen LogP contribution in [0.2, 0.25) is 15.1 Å². The quantitative estimate of drug-likeness (QED) is 0.204. The van der Waals surface area contributed by atoms with Crippen molar-refractivity contribution in [2.45, 2.75) is 36.6 Å². The Balaban J connectivity index is 1.87. The molecular weight excluding hydrogens is 557 g/mol. The van der Waals surface area contributed by atoms with Gasteiger partial charge >= 0.3 is 5.97 Å². The van der Waals surface area contributed by atoms with Crippen molar-refractivity contribution < 1.29 is 27.4 Å². The molecule has 1 aromatic heterocycles. The number of rotatable bonds is 8. The van der Waals surface area contributed by atoms with Gasteiger partial charge in [-0.2, -0.15) is 4.72 Å². The number of carbonyl (C=O) groups excluding carboxylic acids is 1. The normalized spacial score (nSPS) is 14.8. The number of nitrogens with one attached hydrogen (secondary N) is 1. The second-order valence-corrected chi connectivity index (χ2v) is 10.9. The van der Waals surface area contributed by atoms with E-state index in [0.717, 1.165) is 12.1 Å². The maximum absolute atomic E-state index is 13.3. The van der Waals surface area contributed by atoms with Gasteiger partial charge in [0.2, 0.25) is 10.0 Å². The molecule has 0 radical (unpaired) electrons. The van der Waals surface area contributed by atoms with E-state index >= 15 is 0 Å². The van der Waals surface area contributed by atoms with Crippen LogP contribution in [0.5, 0.6) is 0 Å². The molecule has 0 saturated heterocycles. The molecule has 1 fully saturated rings. The van der Waals surface area contributed by atoms with Gasteiger partial charge in [-0.3, -0.25) is 10.1 Å². The fourth-order valence-electron chi connectivity index (χ4n) is 4.00. The number of hydrogen-bond donors (Lipinski definition) is 1. The summed E-state index contributed by atoms with van der Waals surface area (Å²) < 4.78 is 39.9. The lowest BCUT2D eigenvalue weighted by Gasteiger charge is -2.40. The zero-order valence-electron chi connectivity index (χ0n) is 18.6. The standard InChI is InChI=1S/C22H18Cl3N3O7S/c1-2-34-21(29)18-19(17-13(24)10-12(23)11-14(17)25)26-35-20(18)22(8-5-9-22)27-36(32,33)16-7-4-3-6-15(16)28(30)31/h3-4,6-7,10-11,27H,2,5,8-9H2,1H3. The van der Waals surface area contributed by atoms with Crippen molar-refractivity contribution in [2.24, 2.45) is 0 Å². The first-order valence-electron chi connectivity index (χ1n) is 10.6. The lowest BCUT2D eigenvalue weighted by atomic mass is 9.74. The summed E-state index contributed by atoms with van der Waals surface area (Å²) in [5, 5.41) is 15.9. The minimum absolute atomic E-state index is 0.0138. The molecule has 0 unspecified atom stereocenters. The van der Waals surface area contributed by atoms with Gasteiger partial charge in [0.1, 0.15) is 11.3 Å². The van der Waals surface area contributed by atoms with Crippen LogP contribution in [0, 0.1) is 10.1 Å². The Hall–Kier alpha value is -2.70.